The highest BCUT2D eigenvalue weighted by Gasteiger charge is 1.76. The standard InChI is InChI=1S/C3H9NO2P/c1-3-7-6-4(2)5/h7H,3H2,1-2H3/q-1. The zero-order valence-corrected chi connectivity index (χ0v) is 5.47. The van der Waals surface area contributed by atoms with E-state index in [9.17, 15) is 5.21 Å². The molecule has 44 valence electrons. The molecule has 0 saturated heterocycles. The van der Waals surface area contributed by atoms with Crippen LogP contribution in [0.4, 0.5) is 0 Å². The van der Waals surface area contributed by atoms with E-state index >= 15 is 0 Å². The molecule has 0 spiro atoms. The summed E-state index contributed by atoms with van der Waals surface area (Å²) in [6.45, 7) is 1.96. The zero-order valence-electron chi connectivity index (χ0n) is 4.47. The van der Waals surface area contributed by atoms with E-state index in [1.54, 1.807) is 0 Å². The summed E-state index contributed by atoms with van der Waals surface area (Å²) in [5.74, 6) is 0. The quantitative estimate of drug-likeness (QED) is 0.413. The topological polar surface area (TPSA) is 35.5 Å². The average molecular weight is 122 g/mol. The summed E-state index contributed by atoms with van der Waals surface area (Å²) in [5, 5.41) is 10.4. The molecule has 0 fully saturated rings. The summed E-state index contributed by atoms with van der Waals surface area (Å²) >= 11 is 0. The van der Waals surface area contributed by atoms with E-state index in [1.807, 2.05) is 6.92 Å². The van der Waals surface area contributed by atoms with Gasteiger partial charge in [0.15, 0.2) is 0 Å². The van der Waals surface area contributed by atoms with E-state index in [2.05, 4.69) is 4.62 Å². The highest BCUT2D eigenvalue weighted by Crippen LogP contribution is 2.10. The molecule has 0 bridgehead atoms. The van der Waals surface area contributed by atoms with Crippen LogP contribution in [0, 0.1) is 5.21 Å². The van der Waals surface area contributed by atoms with Gasteiger partial charge in [-0.1, -0.05) is 6.92 Å². The van der Waals surface area contributed by atoms with Crippen LogP contribution in [0.3, 0.4) is 0 Å². The second kappa shape index (κ2) is 4.47. The minimum Gasteiger partial charge on any atom is -0.762 e. The molecule has 7 heavy (non-hydrogen) atoms. The first kappa shape index (κ1) is 7.31. The van der Waals surface area contributed by atoms with Crippen molar-refractivity contribution in [2.24, 2.45) is 0 Å². The lowest BCUT2D eigenvalue weighted by Gasteiger charge is -2.19. The molecule has 0 heterocycles. The minimum absolute atomic E-state index is 0.309. The maximum Gasteiger partial charge on any atom is 0.0389 e. The predicted octanol–water partition coefficient (Wildman–Crippen LogP) is 0.961. The van der Waals surface area contributed by atoms with Gasteiger partial charge in [-0.15, -0.1) is 0 Å². The molecule has 0 aromatic carbocycles. The molecule has 0 aliphatic carbocycles. The van der Waals surface area contributed by atoms with Crippen molar-refractivity contribution in [3.8, 4) is 0 Å². The van der Waals surface area contributed by atoms with Crippen LogP contribution in [0.2, 0.25) is 0 Å². The van der Waals surface area contributed by atoms with E-state index in [4.69, 9.17) is 0 Å². The fraction of sp³-hybridized carbons (Fsp3) is 1.00. The average Bonchev–Trinajstić information content (AvgIpc) is 1.61. The van der Waals surface area contributed by atoms with E-state index in [0.29, 0.717) is 14.0 Å². The van der Waals surface area contributed by atoms with Crippen molar-refractivity contribution < 1.29 is 4.62 Å². The molecule has 0 N–H and O–H groups in total. The Morgan fingerprint density at radius 1 is 1.86 bits per heavy atom. The van der Waals surface area contributed by atoms with Crippen molar-refractivity contribution in [1.82, 2.24) is 5.23 Å². The van der Waals surface area contributed by atoms with E-state index < -0.39 is 0 Å². The minimum atomic E-state index is 0.309. The largest absolute Gasteiger partial charge is 0.762 e. The lowest BCUT2D eigenvalue weighted by Crippen LogP contribution is -2.02. The van der Waals surface area contributed by atoms with Crippen molar-refractivity contribution in [3.63, 3.8) is 0 Å². The summed E-state index contributed by atoms with van der Waals surface area (Å²) < 4.78 is 4.50. The SMILES string of the molecule is CCPON(C)[O-]. The Labute approximate surface area is 45.0 Å². The van der Waals surface area contributed by atoms with Gasteiger partial charge in [-0.2, -0.15) is 0 Å². The summed E-state index contributed by atoms with van der Waals surface area (Å²) in [4.78, 5) is 0. The monoisotopic (exact) mass is 122 g/mol. The first-order chi connectivity index (χ1) is 3.27. The van der Waals surface area contributed by atoms with E-state index in [-0.39, 0.29) is 0 Å². The molecule has 1 atom stereocenters. The number of hydrogen-bond donors (Lipinski definition) is 0. The number of rotatable bonds is 3. The molecule has 1 unspecified atom stereocenters. The molecule has 0 aliphatic heterocycles. The normalized spacial score (nSPS) is 12.0. The maximum absolute atomic E-state index is 9.90. The van der Waals surface area contributed by atoms with Crippen LogP contribution in [0.5, 0.6) is 0 Å². The predicted molar refractivity (Wildman–Crippen MR) is 31.1 cm³/mol. The highest BCUT2D eigenvalue weighted by molar-refractivity contribution is 7.32. The second-order valence-electron chi connectivity index (χ2n) is 1.03. The Bertz CT molecular complexity index is 41.9. The van der Waals surface area contributed by atoms with Crippen molar-refractivity contribution in [2.75, 3.05) is 13.2 Å². The van der Waals surface area contributed by atoms with Crippen LogP contribution >= 0.6 is 8.81 Å². The van der Waals surface area contributed by atoms with Gasteiger partial charge in [-0.25, -0.2) is 0 Å². The van der Waals surface area contributed by atoms with E-state index in [1.165, 1.54) is 7.05 Å². The molecule has 3 nitrogen and oxygen atoms in total. The number of hydroxylamine groups is 2. The first-order valence-corrected chi connectivity index (χ1v) is 3.19. The molecular formula is C3H9NO2P-. The highest BCUT2D eigenvalue weighted by atomic mass is 31.1. The molecule has 4 heteroatoms. The Hall–Kier alpha value is 0.310. The molecule has 0 rings (SSSR count). The fourth-order valence-electron chi connectivity index (χ4n) is 0.155. The third kappa shape index (κ3) is 6.31. The second-order valence-corrected chi connectivity index (χ2v) is 2.21. The van der Waals surface area contributed by atoms with Gasteiger partial charge >= 0.3 is 0 Å². The molecule has 0 aliphatic rings. The van der Waals surface area contributed by atoms with Gasteiger partial charge in [-0.05, 0) is 13.2 Å². The van der Waals surface area contributed by atoms with Gasteiger partial charge in [-0.3, -0.25) is 9.85 Å². The molecule has 0 radical (unpaired) electrons. The van der Waals surface area contributed by atoms with Crippen LogP contribution < -0.4 is 0 Å². The Morgan fingerprint density at radius 2 is 2.43 bits per heavy atom. The van der Waals surface area contributed by atoms with Crippen LogP contribution in [-0.2, 0) is 4.62 Å². The Balaban J connectivity index is 2.68. The smallest absolute Gasteiger partial charge is 0.0389 e. The van der Waals surface area contributed by atoms with E-state index in [0.717, 1.165) is 6.16 Å². The van der Waals surface area contributed by atoms with Crippen LogP contribution in [0.1, 0.15) is 6.92 Å². The maximum atomic E-state index is 9.90. The van der Waals surface area contributed by atoms with Crippen molar-refractivity contribution >= 4 is 8.81 Å². The van der Waals surface area contributed by atoms with Gasteiger partial charge < -0.3 is 5.21 Å². The number of hydrogen-bond acceptors (Lipinski definition) is 3. The van der Waals surface area contributed by atoms with Gasteiger partial charge in [0.2, 0.25) is 0 Å². The molecule has 0 saturated carbocycles. The molecule has 0 amide bonds. The number of nitrogens with zero attached hydrogens (tertiary/aromatic N) is 1. The van der Waals surface area contributed by atoms with Gasteiger partial charge in [0.05, 0.1) is 0 Å². The third-order valence-electron chi connectivity index (χ3n) is 0.337. The molecule has 0 aromatic rings. The van der Waals surface area contributed by atoms with Crippen molar-refractivity contribution in [1.29, 1.82) is 0 Å². The van der Waals surface area contributed by atoms with Gasteiger partial charge in [0.1, 0.15) is 0 Å². The Kier molecular flexibility index (Phi) is 4.67. The van der Waals surface area contributed by atoms with Crippen LogP contribution in [0.15, 0.2) is 0 Å². The third-order valence-corrected chi connectivity index (χ3v) is 1.01. The van der Waals surface area contributed by atoms with Gasteiger partial charge in [0.25, 0.3) is 0 Å². The molecular weight excluding hydrogens is 113 g/mol. The fourth-order valence-corrected chi connectivity index (χ4v) is 0.466. The summed E-state index contributed by atoms with van der Waals surface area (Å²) in [7, 11) is 1.64. The van der Waals surface area contributed by atoms with Gasteiger partial charge in [0, 0.05) is 8.81 Å². The van der Waals surface area contributed by atoms with Crippen LogP contribution in [0.25, 0.3) is 0 Å². The van der Waals surface area contributed by atoms with Crippen molar-refractivity contribution in [3.05, 3.63) is 5.21 Å². The first-order valence-electron chi connectivity index (χ1n) is 2.08. The summed E-state index contributed by atoms with van der Waals surface area (Å²) in [5.41, 5.74) is 0. The molecule has 0 aromatic heterocycles. The lowest BCUT2D eigenvalue weighted by atomic mass is 11.0. The Morgan fingerprint density at radius 3 is 2.57 bits per heavy atom. The van der Waals surface area contributed by atoms with Crippen LogP contribution in [-0.4, -0.2) is 18.4 Å². The lowest BCUT2D eigenvalue weighted by molar-refractivity contribution is 0.0432. The summed E-state index contributed by atoms with van der Waals surface area (Å²) in [6.07, 6.45) is 0.909. The summed E-state index contributed by atoms with van der Waals surface area (Å²) in [6, 6.07) is 0. The van der Waals surface area contributed by atoms with Crippen molar-refractivity contribution in [2.45, 2.75) is 6.92 Å². The zero-order chi connectivity index (χ0) is 5.70.